The normalized spacial score (nSPS) is 20.4. The number of rotatable bonds is 15. The first-order valence-corrected chi connectivity index (χ1v) is 35.9. The Morgan fingerprint density at radius 3 is 0.632 bits per heavy atom. The summed E-state index contributed by atoms with van der Waals surface area (Å²) >= 11 is 0. The smallest absolute Gasteiger partial charge is 0.0462 e. The minimum Gasteiger partial charge on any atom is -0.311 e. The molecule has 0 spiro atoms. The quantitative estimate of drug-likeness (QED) is 0.0927. The number of nitrogens with zero attached hydrogens (tertiary/aromatic N) is 1. The Balaban J connectivity index is 0.908. The fraction of sp³-hybridized carbons (Fsp3) is 0.500. The van der Waals surface area contributed by atoms with Crippen molar-refractivity contribution in [2.24, 2.45) is 0 Å². The van der Waals surface area contributed by atoms with Crippen LogP contribution in [0.2, 0.25) is 0 Å². The molecular weight excluding hydrogens is 972 g/mol. The lowest BCUT2D eigenvalue weighted by Gasteiger charge is -2.39. The molecule has 6 saturated carbocycles. The topological polar surface area (TPSA) is 3.24 Å². The highest BCUT2D eigenvalue weighted by Crippen LogP contribution is 2.59. The van der Waals surface area contributed by atoms with Crippen LogP contribution in [0.4, 0.5) is 17.1 Å². The summed E-state index contributed by atoms with van der Waals surface area (Å²) in [5, 5.41) is 5.08. The number of hydrogen-bond acceptors (Lipinski definition) is 1. The first-order valence-electron chi connectivity index (χ1n) is 31.5. The van der Waals surface area contributed by atoms with E-state index >= 15 is 0 Å². The molecule has 398 valence electrons. The van der Waals surface area contributed by atoms with E-state index in [-0.39, 0.29) is 23.8 Å². The standard InChI is InChI=1S/C72H90NP3/c1-7-25-61(26-8-1)74(62-27-9-2-10-28-62)70-40-22-19-37-67(70)55-43-49-58(50-44-55)73(59-51-45-56(46-52-59)68-38-20-23-41-71(68)75(63-29-11-3-12-30-63)64-31-13-4-14-32-64)60-53-47-57(48-54-60)69-39-21-24-42-72(69)76(65-33-15-5-16-34-65)66-35-17-6-18-36-66/h19-24,37-54,61-66H,1-18,25-36H2. The summed E-state index contributed by atoms with van der Waals surface area (Å²) in [6, 6.07) is 58.7. The molecule has 0 amide bonds. The summed E-state index contributed by atoms with van der Waals surface area (Å²) in [5.41, 5.74) is 17.6. The van der Waals surface area contributed by atoms with E-state index in [1.165, 1.54) is 243 Å². The van der Waals surface area contributed by atoms with Gasteiger partial charge in [0.25, 0.3) is 0 Å². The van der Waals surface area contributed by atoms with E-state index in [2.05, 4.69) is 150 Å². The van der Waals surface area contributed by atoms with Crippen molar-refractivity contribution in [3.63, 3.8) is 0 Å². The Hall–Kier alpha value is -3.59. The Bertz CT molecular complexity index is 2370. The van der Waals surface area contributed by atoms with Gasteiger partial charge in [0.05, 0.1) is 0 Å². The molecule has 0 saturated heterocycles. The van der Waals surface area contributed by atoms with Gasteiger partial charge in [-0.15, -0.1) is 0 Å². The second-order valence-corrected chi connectivity index (χ2v) is 32.8. The molecule has 76 heavy (non-hydrogen) atoms. The lowest BCUT2D eigenvalue weighted by molar-refractivity contribution is 0.487. The molecule has 0 bridgehead atoms. The molecule has 6 aliphatic carbocycles. The fourth-order valence-corrected chi connectivity index (χ4v) is 27.8. The second kappa shape index (κ2) is 26.1. The number of anilines is 3. The van der Waals surface area contributed by atoms with Gasteiger partial charge >= 0.3 is 0 Å². The molecule has 0 N–H and O–H groups in total. The average molecular weight is 1060 g/mol. The van der Waals surface area contributed by atoms with Gasteiger partial charge in [0, 0.05) is 17.1 Å². The van der Waals surface area contributed by atoms with Crippen LogP contribution in [0.5, 0.6) is 0 Å². The highest BCUT2D eigenvalue weighted by atomic mass is 31.1. The summed E-state index contributed by atoms with van der Waals surface area (Å²) in [4.78, 5) is 2.56. The summed E-state index contributed by atoms with van der Waals surface area (Å²) in [7, 11) is -0.636. The summed E-state index contributed by atoms with van der Waals surface area (Å²) in [6.07, 6.45) is 42.9. The van der Waals surface area contributed by atoms with Crippen molar-refractivity contribution in [3.8, 4) is 33.4 Å². The highest BCUT2D eigenvalue weighted by molar-refractivity contribution is 7.68. The van der Waals surface area contributed by atoms with Crippen molar-refractivity contribution < 1.29 is 0 Å². The zero-order valence-electron chi connectivity index (χ0n) is 46.3. The van der Waals surface area contributed by atoms with Crippen LogP contribution in [0.15, 0.2) is 146 Å². The molecule has 0 heterocycles. The zero-order chi connectivity index (χ0) is 50.9. The van der Waals surface area contributed by atoms with Crippen LogP contribution < -0.4 is 20.8 Å². The van der Waals surface area contributed by atoms with Crippen molar-refractivity contribution in [3.05, 3.63) is 146 Å². The van der Waals surface area contributed by atoms with Gasteiger partial charge in [-0.05, 0) is 197 Å². The highest BCUT2D eigenvalue weighted by Gasteiger charge is 2.37. The maximum absolute atomic E-state index is 2.56. The third-order valence-corrected chi connectivity index (χ3v) is 30.3. The maximum atomic E-state index is 2.56. The van der Waals surface area contributed by atoms with Gasteiger partial charge in [0.1, 0.15) is 0 Å². The zero-order valence-corrected chi connectivity index (χ0v) is 49.0. The van der Waals surface area contributed by atoms with Crippen molar-refractivity contribution in [1.82, 2.24) is 0 Å². The molecule has 6 aliphatic rings. The molecule has 0 unspecified atom stereocenters. The largest absolute Gasteiger partial charge is 0.311 e. The van der Waals surface area contributed by atoms with Gasteiger partial charge in [-0.2, -0.15) is 0 Å². The summed E-state index contributed by atoms with van der Waals surface area (Å²) < 4.78 is 0. The van der Waals surface area contributed by atoms with Gasteiger partial charge in [-0.1, -0.05) is 249 Å². The molecule has 12 rings (SSSR count). The van der Waals surface area contributed by atoms with Crippen LogP contribution in [-0.4, -0.2) is 34.0 Å². The van der Waals surface area contributed by atoms with Crippen molar-refractivity contribution >= 4 is 56.7 Å². The van der Waals surface area contributed by atoms with E-state index < -0.39 is 0 Å². The van der Waals surface area contributed by atoms with Gasteiger partial charge in [-0.3, -0.25) is 0 Å². The Morgan fingerprint density at radius 1 is 0.224 bits per heavy atom. The fourth-order valence-electron chi connectivity index (χ4n) is 15.9. The van der Waals surface area contributed by atoms with E-state index in [4.69, 9.17) is 0 Å². The predicted molar refractivity (Wildman–Crippen MR) is 338 cm³/mol. The molecule has 0 radical (unpaired) electrons. The SMILES string of the molecule is c1ccc(P(C2CCCCC2)C2CCCCC2)c(-c2ccc(N(c3ccc(-c4ccccc4P(C4CCCCC4)C4CCCCC4)cc3)c3ccc(-c4ccccc4P(C4CCCCC4)C4CCCCC4)cc3)cc2)c1. The van der Waals surface area contributed by atoms with E-state index in [1.54, 1.807) is 15.9 Å². The first kappa shape index (κ1) is 53.1. The minimum atomic E-state index is -0.212. The van der Waals surface area contributed by atoms with Crippen molar-refractivity contribution in [2.45, 2.75) is 227 Å². The van der Waals surface area contributed by atoms with Crippen LogP contribution in [0.25, 0.3) is 33.4 Å². The number of benzene rings is 6. The molecule has 0 atom stereocenters. The molecule has 6 aromatic carbocycles. The van der Waals surface area contributed by atoms with E-state index in [0.29, 0.717) is 0 Å². The Morgan fingerprint density at radius 2 is 0.421 bits per heavy atom. The van der Waals surface area contributed by atoms with E-state index in [1.807, 2.05) is 0 Å². The van der Waals surface area contributed by atoms with Crippen LogP contribution in [-0.2, 0) is 0 Å². The molecule has 0 aromatic heterocycles. The second-order valence-electron chi connectivity index (χ2n) is 24.5. The van der Waals surface area contributed by atoms with Crippen molar-refractivity contribution in [1.29, 1.82) is 0 Å². The molecule has 1 nitrogen and oxygen atoms in total. The summed E-state index contributed by atoms with van der Waals surface area (Å²) in [5.74, 6) is 0. The van der Waals surface area contributed by atoms with E-state index in [0.717, 1.165) is 34.0 Å². The van der Waals surface area contributed by atoms with Crippen LogP contribution in [0.3, 0.4) is 0 Å². The third kappa shape index (κ3) is 12.1. The maximum Gasteiger partial charge on any atom is 0.0462 e. The average Bonchev–Trinajstić information content (AvgIpc) is 3.52. The van der Waals surface area contributed by atoms with Crippen LogP contribution in [0.1, 0.15) is 193 Å². The molecule has 0 aliphatic heterocycles. The number of hydrogen-bond donors (Lipinski definition) is 0. The Kier molecular flexibility index (Phi) is 18.2. The molecule has 6 fully saturated rings. The lowest BCUT2D eigenvalue weighted by Crippen LogP contribution is -2.27. The first-order chi connectivity index (χ1) is 37.7. The van der Waals surface area contributed by atoms with Gasteiger partial charge in [-0.25, -0.2) is 0 Å². The van der Waals surface area contributed by atoms with Gasteiger partial charge in [0.2, 0.25) is 0 Å². The molecular formula is C72H90NP3. The molecule has 4 heteroatoms. The van der Waals surface area contributed by atoms with Gasteiger partial charge < -0.3 is 4.90 Å². The van der Waals surface area contributed by atoms with E-state index in [9.17, 15) is 0 Å². The van der Waals surface area contributed by atoms with Gasteiger partial charge in [0.15, 0.2) is 0 Å². The van der Waals surface area contributed by atoms with Crippen molar-refractivity contribution in [2.75, 3.05) is 4.90 Å². The third-order valence-electron chi connectivity index (χ3n) is 19.7. The lowest BCUT2D eigenvalue weighted by atomic mass is 9.99. The monoisotopic (exact) mass is 1060 g/mol. The predicted octanol–water partition coefficient (Wildman–Crippen LogP) is 21.5. The van der Waals surface area contributed by atoms with Crippen LogP contribution in [0, 0.1) is 0 Å². The Labute approximate surface area is 464 Å². The summed E-state index contributed by atoms with van der Waals surface area (Å²) in [6.45, 7) is 0. The minimum absolute atomic E-state index is 0.212. The molecule has 6 aromatic rings. The van der Waals surface area contributed by atoms with Crippen LogP contribution >= 0.6 is 23.8 Å².